The van der Waals surface area contributed by atoms with Gasteiger partial charge in [0.1, 0.15) is 18.2 Å². The van der Waals surface area contributed by atoms with Gasteiger partial charge in [-0.1, -0.05) is 52.9 Å². The molecule has 3 atom stereocenters. The third-order valence-corrected chi connectivity index (χ3v) is 6.73. The van der Waals surface area contributed by atoms with Crippen LogP contribution in [0.15, 0.2) is 0 Å². The van der Waals surface area contributed by atoms with Gasteiger partial charge in [0.25, 0.3) is 5.91 Å². The van der Waals surface area contributed by atoms with E-state index in [1.54, 1.807) is 0 Å². The molecule has 0 unspecified atom stereocenters. The van der Waals surface area contributed by atoms with E-state index in [1.807, 2.05) is 0 Å². The fourth-order valence-electron chi connectivity index (χ4n) is 5.08. The highest BCUT2D eigenvalue weighted by atomic mass is 16.5. The molecule has 152 valence electrons. The van der Waals surface area contributed by atoms with Gasteiger partial charge >= 0.3 is 12.0 Å². The number of amides is 3. The number of hydrogen-bond acceptors (Lipinski definition) is 4. The second-order valence-electron chi connectivity index (χ2n) is 9.17. The molecule has 1 spiro atoms. The number of hydrogen-bond donors (Lipinski definition) is 1. The molecular weight excluding hydrogens is 344 g/mol. The summed E-state index contributed by atoms with van der Waals surface area (Å²) in [5, 5.41) is 2.88. The first-order chi connectivity index (χ1) is 12.8. The van der Waals surface area contributed by atoms with Crippen LogP contribution in [0.2, 0.25) is 0 Å². The topological polar surface area (TPSA) is 75.7 Å². The molecule has 1 aliphatic heterocycles. The molecule has 6 heteroatoms. The molecule has 3 amide bonds. The summed E-state index contributed by atoms with van der Waals surface area (Å²) < 4.78 is 5.78. The van der Waals surface area contributed by atoms with E-state index >= 15 is 0 Å². The summed E-state index contributed by atoms with van der Waals surface area (Å²) >= 11 is 0. The van der Waals surface area contributed by atoms with Crippen LogP contribution in [0, 0.1) is 17.8 Å². The molecule has 1 saturated heterocycles. The maximum absolute atomic E-state index is 12.9. The number of carbonyl (C=O) groups is 3. The second-order valence-corrected chi connectivity index (χ2v) is 9.17. The lowest BCUT2D eigenvalue weighted by atomic mass is 9.75. The SMILES string of the molecule is CC(C)[C@H]1CC[C@@H](C)C[C@@H]1OC(=O)CN1C(=O)NC2(CCCCCC2)C1=O. The van der Waals surface area contributed by atoms with E-state index in [0.29, 0.717) is 30.6 Å². The third-order valence-electron chi connectivity index (χ3n) is 6.73. The molecule has 3 rings (SSSR count). The van der Waals surface area contributed by atoms with Crippen molar-refractivity contribution in [1.29, 1.82) is 0 Å². The molecule has 6 nitrogen and oxygen atoms in total. The van der Waals surface area contributed by atoms with Crippen LogP contribution in [-0.2, 0) is 14.3 Å². The summed E-state index contributed by atoms with van der Waals surface area (Å²) in [4.78, 5) is 39.0. The maximum atomic E-state index is 12.9. The Kier molecular flexibility index (Phi) is 6.11. The quantitative estimate of drug-likeness (QED) is 0.599. The Hall–Kier alpha value is -1.59. The predicted molar refractivity (Wildman–Crippen MR) is 102 cm³/mol. The molecular formula is C21H34N2O4. The fraction of sp³-hybridized carbons (Fsp3) is 0.857. The van der Waals surface area contributed by atoms with Crippen LogP contribution >= 0.6 is 0 Å². The molecule has 2 saturated carbocycles. The Morgan fingerprint density at radius 1 is 1.19 bits per heavy atom. The number of nitrogens with one attached hydrogen (secondary N) is 1. The minimum atomic E-state index is -0.798. The molecule has 0 aromatic carbocycles. The van der Waals surface area contributed by atoms with Gasteiger partial charge in [0.05, 0.1) is 0 Å². The highest BCUT2D eigenvalue weighted by Crippen LogP contribution is 2.36. The highest BCUT2D eigenvalue weighted by Gasteiger charge is 2.51. The van der Waals surface area contributed by atoms with Crippen molar-refractivity contribution in [2.45, 2.75) is 90.2 Å². The van der Waals surface area contributed by atoms with E-state index in [0.717, 1.165) is 49.8 Å². The zero-order valence-electron chi connectivity index (χ0n) is 17.0. The van der Waals surface area contributed by atoms with Crippen molar-refractivity contribution in [1.82, 2.24) is 10.2 Å². The van der Waals surface area contributed by atoms with Crippen molar-refractivity contribution in [2.75, 3.05) is 6.54 Å². The Morgan fingerprint density at radius 3 is 2.48 bits per heavy atom. The number of imide groups is 1. The van der Waals surface area contributed by atoms with Crippen LogP contribution in [0.25, 0.3) is 0 Å². The van der Waals surface area contributed by atoms with Gasteiger partial charge in [0, 0.05) is 0 Å². The van der Waals surface area contributed by atoms with Crippen LogP contribution in [0.4, 0.5) is 4.79 Å². The standard InChI is InChI=1S/C21H34N2O4/c1-14(2)16-9-8-15(3)12-17(16)27-18(24)13-23-19(25)21(22-20(23)26)10-6-4-5-7-11-21/h14-17H,4-13H2,1-3H3,(H,22,26)/t15-,16-,17+/m1/s1. The summed E-state index contributed by atoms with van der Waals surface area (Å²) in [5.74, 6) is 0.615. The van der Waals surface area contributed by atoms with Crippen LogP contribution in [0.1, 0.15) is 78.6 Å². The first-order valence-electron chi connectivity index (χ1n) is 10.7. The normalized spacial score (nSPS) is 31.1. The Labute approximate surface area is 162 Å². The van der Waals surface area contributed by atoms with E-state index in [2.05, 4.69) is 26.1 Å². The lowest BCUT2D eigenvalue weighted by Gasteiger charge is -2.36. The van der Waals surface area contributed by atoms with Gasteiger partial charge in [-0.2, -0.15) is 0 Å². The van der Waals surface area contributed by atoms with E-state index in [-0.39, 0.29) is 18.6 Å². The van der Waals surface area contributed by atoms with E-state index in [1.165, 1.54) is 0 Å². The number of rotatable bonds is 4. The molecule has 1 heterocycles. The van der Waals surface area contributed by atoms with Gasteiger partial charge in [0.2, 0.25) is 0 Å². The third kappa shape index (κ3) is 4.30. The number of esters is 1. The molecule has 2 aliphatic carbocycles. The van der Waals surface area contributed by atoms with Crippen LogP contribution in [0.5, 0.6) is 0 Å². The second kappa shape index (κ2) is 8.19. The molecule has 1 N–H and O–H groups in total. The van der Waals surface area contributed by atoms with Crippen molar-refractivity contribution < 1.29 is 19.1 Å². The zero-order chi connectivity index (χ0) is 19.6. The summed E-state index contributed by atoms with van der Waals surface area (Å²) in [6.07, 6.45) is 8.33. The molecule has 27 heavy (non-hydrogen) atoms. The average molecular weight is 379 g/mol. The number of carbonyl (C=O) groups excluding carboxylic acids is 3. The van der Waals surface area contributed by atoms with E-state index in [4.69, 9.17) is 4.74 Å². The maximum Gasteiger partial charge on any atom is 0.326 e. The zero-order valence-corrected chi connectivity index (χ0v) is 17.0. The number of nitrogens with zero attached hydrogens (tertiary/aromatic N) is 1. The average Bonchev–Trinajstić information content (AvgIpc) is 2.77. The van der Waals surface area contributed by atoms with Gasteiger partial charge < -0.3 is 10.1 Å². The Balaban J connectivity index is 1.63. The van der Waals surface area contributed by atoms with E-state index < -0.39 is 17.5 Å². The van der Waals surface area contributed by atoms with Crippen LogP contribution in [0.3, 0.4) is 0 Å². The first-order valence-corrected chi connectivity index (χ1v) is 10.7. The van der Waals surface area contributed by atoms with Gasteiger partial charge in [-0.15, -0.1) is 0 Å². The Bertz CT molecular complexity index is 581. The van der Waals surface area contributed by atoms with Gasteiger partial charge in [-0.25, -0.2) is 4.79 Å². The summed E-state index contributed by atoms with van der Waals surface area (Å²) in [6.45, 7) is 6.23. The molecule has 3 aliphatic rings. The summed E-state index contributed by atoms with van der Waals surface area (Å²) in [6, 6.07) is -0.448. The Morgan fingerprint density at radius 2 is 1.85 bits per heavy atom. The largest absolute Gasteiger partial charge is 0.461 e. The molecule has 3 fully saturated rings. The molecule has 0 aromatic rings. The number of ether oxygens (including phenoxy) is 1. The molecule has 0 bridgehead atoms. The highest BCUT2D eigenvalue weighted by molar-refractivity contribution is 6.08. The lowest BCUT2D eigenvalue weighted by molar-refractivity contribution is -0.158. The number of urea groups is 1. The van der Waals surface area contributed by atoms with Crippen molar-refractivity contribution in [3.8, 4) is 0 Å². The summed E-state index contributed by atoms with van der Waals surface area (Å²) in [5.41, 5.74) is -0.798. The van der Waals surface area contributed by atoms with Crippen molar-refractivity contribution in [2.24, 2.45) is 17.8 Å². The first kappa shape index (κ1) is 20.2. The van der Waals surface area contributed by atoms with Crippen molar-refractivity contribution in [3.05, 3.63) is 0 Å². The van der Waals surface area contributed by atoms with Crippen LogP contribution < -0.4 is 5.32 Å². The van der Waals surface area contributed by atoms with Crippen molar-refractivity contribution in [3.63, 3.8) is 0 Å². The van der Waals surface area contributed by atoms with Gasteiger partial charge in [-0.3, -0.25) is 14.5 Å². The van der Waals surface area contributed by atoms with Gasteiger partial charge in [-0.05, 0) is 43.4 Å². The monoisotopic (exact) mass is 378 g/mol. The lowest BCUT2D eigenvalue weighted by Crippen LogP contribution is -2.47. The molecule has 0 aromatic heterocycles. The fourth-order valence-corrected chi connectivity index (χ4v) is 5.08. The minimum Gasteiger partial charge on any atom is -0.461 e. The van der Waals surface area contributed by atoms with Crippen LogP contribution in [-0.4, -0.2) is 41.0 Å². The smallest absolute Gasteiger partial charge is 0.326 e. The molecule has 0 radical (unpaired) electrons. The van der Waals surface area contributed by atoms with E-state index in [9.17, 15) is 14.4 Å². The minimum absolute atomic E-state index is 0.117. The summed E-state index contributed by atoms with van der Waals surface area (Å²) in [7, 11) is 0. The van der Waals surface area contributed by atoms with Crippen molar-refractivity contribution >= 4 is 17.9 Å². The van der Waals surface area contributed by atoms with Gasteiger partial charge in [0.15, 0.2) is 0 Å². The predicted octanol–water partition coefficient (Wildman–Crippen LogP) is 3.64.